The molecule has 0 radical (unpaired) electrons. The van der Waals surface area contributed by atoms with Gasteiger partial charge < -0.3 is 10.4 Å². The molecule has 1 atom stereocenters. The molecule has 1 unspecified atom stereocenters. The van der Waals surface area contributed by atoms with E-state index in [2.05, 4.69) is 5.32 Å². The first-order chi connectivity index (χ1) is 6.81. The Morgan fingerprint density at radius 2 is 2.00 bits per heavy atom. The van der Waals surface area contributed by atoms with Crippen molar-refractivity contribution in [2.24, 2.45) is 0 Å². The van der Waals surface area contributed by atoms with Gasteiger partial charge in [0.15, 0.2) is 0 Å². The minimum Gasteiger partial charge on any atom is -0.391 e. The van der Waals surface area contributed by atoms with Crippen LogP contribution in [-0.2, 0) is 9.84 Å². The van der Waals surface area contributed by atoms with Crippen LogP contribution in [0.4, 0.5) is 0 Å². The van der Waals surface area contributed by atoms with E-state index in [9.17, 15) is 13.5 Å². The number of hydrogen-bond donors (Lipinski definition) is 2. The van der Waals surface area contributed by atoms with Gasteiger partial charge in [0.05, 0.1) is 11.9 Å². The third-order valence-corrected chi connectivity index (χ3v) is 3.99. The van der Waals surface area contributed by atoms with Crippen molar-refractivity contribution >= 4 is 21.6 Å². The van der Waals surface area contributed by atoms with Crippen molar-refractivity contribution in [1.29, 1.82) is 0 Å². The lowest BCUT2D eigenvalue weighted by molar-refractivity contribution is 0.192. The van der Waals surface area contributed by atoms with Gasteiger partial charge in [-0.1, -0.05) is 13.8 Å². The maximum absolute atomic E-state index is 10.8. The summed E-state index contributed by atoms with van der Waals surface area (Å²) in [6.45, 7) is 4.59. The number of rotatable bonds is 8. The van der Waals surface area contributed by atoms with Crippen LogP contribution in [0.15, 0.2) is 0 Å². The van der Waals surface area contributed by atoms with Crippen molar-refractivity contribution in [3.8, 4) is 0 Å². The third kappa shape index (κ3) is 12.2. The number of hydrogen-bond acceptors (Lipinski definition) is 5. The molecule has 0 aromatic carbocycles. The molecule has 0 aromatic rings. The van der Waals surface area contributed by atoms with E-state index < -0.39 is 15.9 Å². The Balaban J connectivity index is 3.43. The SMILES string of the molecule is CC(C)NCC(O)CSCCS(C)(=O)=O. The van der Waals surface area contributed by atoms with Gasteiger partial charge >= 0.3 is 0 Å². The Labute approximate surface area is 96.8 Å². The molecule has 0 aliphatic carbocycles. The van der Waals surface area contributed by atoms with Crippen molar-refractivity contribution in [1.82, 2.24) is 5.32 Å². The Bertz CT molecular complexity index is 252. The van der Waals surface area contributed by atoms with E-state index in [1.165, 1.54) is 18.0 Å². The van der Waals surface area contributed by atoms with Crippen molar-refractivity contribution < 1.29 is 13.5 Å². The van der Waals surface area contributed by atoms with Gasteiger partial charge in [0.2, 0.25) is 0 Å². The molecule has 92 valence electrons. The second-order valence-corrected chi connectivity index (χ2v) is 7.33. The van der Waals surface area contributed by atoms with E-state index in [0.717, 1.165) is 0 Å². The fourth-order valence-electron chi connectivity index (χ4n) is 0.860. The zero-order valence-electron chi connectivity index (χ0n) is 9.56. The highest BCUT2D eigenvalue weighted by atomic mass is 32.2. The number of nitrogens with one attached hydrogen (secondary N) is 1. The molecule has 0 fully saturated rings. The van der Waals surface area contributed by atoms with Gasteiger partial charge in [-0.15, -0.1) is 0 Å². The maximum atomic E-state index is 10.8. The molecule has 0 bridgehead atoms. The molecule has 0 rings (SSSR count). The monoisotopic (exact) mass is 255 g/mol. The van der Waals surface area contributed by atoms with Gasteiger partial charge in [0.1, 0.15) is 9.84 Å². The van der Waals surface area contributed by atoms with Gasteiger partial charge in [-0.3, -0.25) is 0 Å². The molecule has 2 N–H and O–H groups in total. The number of aliphatic hydroxyl groups excluding tert-OH is 1. The van der Waals surface area contributed by atoms with Crippen LogP contribution in [0.1, 0.15) is 13.8 Å². The van der Waals surface area contributed by atoms with Crippen molar-refractivity contribution in [2.75, 3.05) is 30.1 Å². The Morgan fingerprint density at radius 3 is 2.47 bits per heavy atom. The summed E-state index contributed by atoms with van der Waals surface area (Å²) in [7, 11) is -2.87. The first kappa shape index (κ1) is 15.2. The summed E-state index contributed by atoms with van der Waals surface area (Å²) >= 11 is 1.47. The predicted molar refractivity (Wildman–Crippen MR) is 66.2 cm³/mol. The average Bonchev–Trinajstić information content (AvgIpc) is 2.07. The Kier molecular flexibility index (Phi) is 7.60. The maximum Gasteiger partial charge on any atom is 0.148 e. The van der Waals surface area contributed by atoms with Crippen LogP contribution in [-0.4, -0.2) is 55.7 Å². The van der Waals surface area contributed by atoms with Crippen LogP contribution in [0.2, 0.25) is 0 Å². The van der Waals surface area contributed by atoms with Gasteiger partial charge in [0.25, 0.3) is 0 Å². The van der Waals surface area contributed by atoms with Crippen LogP contribution < -0.4 is 5.32 Å². The summed E-state index contributed by atoms with van der Waals surface area (Å²) in [4.78, 5) is 0. The number of thioether (sulfide) groups is 1. The smallest absolute Gasteiger partial charge is 0.148 e. The molecular weight excluding hydrogens is 234 g/mol. The normalized spacial score (nSPS) is 14.5. The summed E-state index contributed by atoms with van der Waals surface area (Å²) in [6.07, 6.45) is 0.821. The second-order valence-electron chi connectivity index (χ2n) is 3.92. The van der Waals surface area contributed by atoms with E-state index >= 15 is 0 Å². The molecule has 15 heavy (non-hydrogen) atoms. The lowest BCUT2D eigenvalue weighted by atomic mass is 10.3. The first-order valence-electron chi connectivity index (χ1n) is 4.98. The largest absolute Gasteiger partial charge is 0.391 e. The van der Waals surface area contributed by atoms with Gasteiger partial charge in [-0.2, -0.15) is 11.8 Å². The molecule has 0 aliphatic rings. The average molecular weight is 255 g/mol. The zero-order valence-corrected chi connectivity index (χ0v) is 11.2. The lowest BCUT2D eigenvalue weighted by Gasteiger charge is -2.13. The molecule has 0 spiro atoms. The molecule has 4 nitrogen and oxygen atoms in total. The van der Waals surface area contributed by atoms with Gasteiger partial charge in [-0.25, -0.2) is 8.42 Å². The first-order valence-corrected chi connectivity index (χ1v) is 8.19. The van der Waals surface area contributed by atoms with Gasteiger partial charge in [-0.05, 0) is 0 Å². The quantitative estimate of drug-likeness (QED) is 0.603. The molecule has 0 amide bonds. The van der Waals surface area contributed by atoms with E-state index in [1.807, 2.05) is 13.8 Å². The van der Waals surface area contributed by atoms with Crippen molar-refractivity contribution in [3.05, 3.63) is 0 Å². The van der Waals surface area contributed by atoms with E-state index in [1.54, 1.807) is 0 Å². The van der Waals surface area contributed by atoms with Crippen molar-refractivity contribution in [2.45, 2.75) is 26.0 Å². The molecule has 0 saturated carbocycles. The van der Waals surface area contributed by atoms with Crippen LogP contribution in [0.25, 0.3) is 0 Å². The standard InChI is InChI=1S/C9H21NO3S2/c1-8(2)10-6-9(11)7-14-4-5-15(3,12)13/h8-11H,4-7H2,1-3H3. The second kappa shape index (κ2) is 7.49. The minimum absolute atomic E-state index is 0.183. The van der Waals surface area contributed by atoms with Crippen molar-refractivity contribution in [3.63, 3.8) is 0 Å². The summed E-state index contributed by atoms with van der Waals surface area (Å²) in [5.74, 6) is 1.31. The predicted octanol–water partition coefficient (Wildman–Crippen LogP) is 0.123. The molecule has 6 heteroatoms. The summed E-state index contributed by atoms with van der Waals surface area (Å²) in [5, 5.41) is 12.6. The highest BCUT2D eigenvalue weighted by Crippen LogP contribution is 2.03. The lowest BCUT2D eigenvalue weighted by Crippen LogP contribution is -2.33. The summed E-state index contributed by atoms with van der Waals surface area (Å²) < 4.78 is 21.6. The van der Waals surface area contributed by atoms with Crippen LogP contribution in [0.3, 0.4) is 0 Å². The summed E-state index contributed by atoms with van der Waals surface area (Å²) in [5.41, 5.74) is 0. The number of aliphatic hydroxyl groups is 1. The number of sulfone groups is 1. The fraction of sp³-hybridized carbons (Fsp3) is 1.00. The van der Waals surface area contributed by atoms with Crippen LogP contribution in [0.5, 0.6) is 0 Å². The molecular formula is C9H21NO3S2. The minimum atomic E-state index is -2.87. The third-order valence-electron chi connectivity index (χ3n) is 1.67. The van der Waals surface area contributed by atoms with E-state index in [0.29, 0.717) is 24.1 Å². The van der Waals surface area contributed by atoms with E-state index in [-0.39, 0.29) is 5.75 Å². The zero-order chi connectivity index (χ0) is 11.9. The Morgan fingerprint density at radius 1 is 1.40 bits per heavy atom. The highest BCUT2D eigenvalue weighted by molar-refractivity contribution is 8.00. The topological polar surface area (TPSA) is 66.4 Å². The summed E-state index contributed by atoms with van der Waals surface area (Å²) in [6, 6.07) is 0.362. The van der Waals surface area contributed by atoms with Crippen LogP contribution >= 0.6 is 11.8 Å². The molecule has 0 aromatic heterocycles. The molecule has 0 aliphatic heterocycles. The highest BCUT2D eigenvalue weighted by Gasteiger charge is 2.06. The van der Waals surface area contributed by atoms with Crippen LogP contribution in [0, 0.1) is 0 Å². The fourth-order valence-corrected chi connectivity index (χ4v) is 3.10. The van der Waals surface area contributed by atoms with E-state index in [4.69, 9.17) is 0 Å². The van der Waals surface area contributed by atoms with Gasteiger partial charge in [0, 0.05) is 30.3 Å². The molecule has 0 heterocycles. The molecule has 0 saturated heterocycles. The Hall–Kier alpha value is 0.220.